The molecule has 2 N–H and O–H groups in total. The van der Waals surface area contributed by atoms with Crippen LogP contribution >= 0.6 is 0 Å². The van der Waals surface area contributed by atoms with Crippen molar-refractivity contribution < 1.29 is 22.7 Å². The third kappa shape index (κ3) is 4.90. The Morgan fingerprint density at radius 3 is 2.66 bits per heavy atom. The quantitative estimate of drug-likeness (QED) is 0.531. The van der Waals surface area contributed by atoms with Crippen molar-refractivity contribution in [1.82, 2.24) is 14.9 Å². The van der Waals surface area contributed by atoms with Gasteiger partial charge in [-0.15, -0.1) is 0 Å². The van der Waals surface area contributed by atoms with E-state index in [1.165, 1.54) is 18.2 Å². The van der Waals surface area contributed by atoms with E-state index in [9.17, 15) is 18.0 Å². The lowest BCUT2D eigenvalue weighted by atomic mass is 10.1. The highest BCUT2D eigenvalue weighted by Crippen LogP contribution is 2.20. The Morgan fingerprint density at radius 2 is 1.84 bits per heavy atom. The van der Waals surface area contributed by atoms with E-state index in [0.717, 1.165) is 15.1 Å². The van der Waals surface area contributed by atoms with Crippen LogP contribution in [0.1, 0.15) is 10.4 Å². The molecule has 1 saturated heterocycles. The normalized spacial score (nSPS) is 14.7. The smallest absolute Gasteiger partial charge is 0.251 e. The van der Waals surface area contributed by atoms with E-state index < -0.39 is 15.9 Å². The van der Waals surface area contributed by atoms with Gasteiger partial charge in [-0.05, 0) is 41.1 Å². The van der Waals surface area contributed by atoms with E-state index >= 15 is 0 Å². The van der Waals surface area contributed by atoms with E-state index in [1.807, 2.05) is 42.5 Å². The molecule has 0 aromatic heterocycles. The van der Waals surface area contributed by atoms with Crippen molar-refractivity contribution in [2.75, 3.05) is 32.8 Å². The lowest BCUT2D eigenvalue weighted by Gasteiger charge is -2.26. The van der Waals surface area contributed by atoms with Crippen molar-refractivity contribution in [1.29, 1.82) is 0 Å². The molecule has 0 saturated carbocycles. The molecule has 8 nitrogen and oxygen atoms in total. The van der Waals surface area contributed by atoms with Gasteiger partial charge < -0.3 is 15.4 Å². The molecule has 1 fully saturated rings. The average Bonchev–Trinajstić information content (AvgIpc) is 2.81. The third-order valence-electron chi connectivity index (χ3n) is 5.11. The summed E-state index contributed by atoms with van der Waals surface area (Å²) >= 11 is 0. The summed E-state index contributed by atoms with van der Waals surface area (Å²) in [6.07, 6.45) is 0. The van der Waals surface area contributed by atoms with E-state index in [0.29, 0.717) is 5.75 Å². The highest BCUT2D eigenvalue weighted by Gasteiger charge is 2.29. The number of hydrogen-bond acceptors (Lipinski definition) is 5. The number of hydrogen-bond donors (Lipinski definition) is 2. The molecular formula is C23H23N3O5S. The Bertz CT molecular complexity index is 1260. The second kappa shape index (κ2) is 9.37. The minimum absolute atomic E-state index is 0.0211. The van der Waals surface area contributed by atoms with Crippen LogP contribution in [-0.2, 0) is 14.8 Å². The minimum atomic E-state index is -3.86. The van der Waals surface area contributed by atoms with Gasteiger partial charge in [-0.2, -0.15) is 4.31 Å². The van der Waals surface area contributed by atoms with Gasteiger partial charge in [-0.3, -0.25) is 9.59 Å². The summed E-state index contributed by atoms with van der Waals surface area (Å²) < 4.78 is 32.4. The van der Waals surface area contributed by atoms with Crippen LogP contribution < -0.4 is 15.4 Å². The number of fused-ring (bicyclic) bond motifs is 1. The maximum Gasteiger partial charge on any atom is 0.251 e. The van der Waals surface area contributed by atoms with Crippen LogP contribution in [-0.4, -0.2) is 57.3 Å². The van der Waals surface area contributed by atoms with Gasteiger partial charge in [0, 0.05) is 18.7 Å². The van der Waals surface area contributed by atoms with Gasteiger partial charge in [0.1, 0.15) is 12.4 Å². The number of rotatable bonds is 7. The van der Waals surface area contributed by atoms with E-state index in [2.05, 4.69) is 10.6 Å². The molecule has 2 amide bonds. The SMILES string of the molecule is O=C1CN(S(=O)(=O)c2cccc(C(=O)NCCOc3ccc4ccccc4c3)c2)CCN1. The van der Waals surface area contributed by atoms with Crippen molar-refractivity contribution in [2.45, 2.75) is 4.90 Å². The molecule has 0 atom stereocenters. The van der Waals surface area contributed by atoms with Crippen LogP contribution in [0.25, 0.3) is 10.8 Å². The zero-order valence-corrected chi connectivity index (χ0v) is 18.1. The number of sulfonamides is 1. The van der Waals surface area contributed by atoms with Gasteiger partial charge in [-0.1, -0.05) is 36.4 Å². The lowest BCUT2D eigenvalue weighted by molar-refractivity contribution is -0.122. The summed E-state index contributed by atoms with van der Waals surface area (Å²) in [6, 6.07) is 19.5. The predicted molar refractivity (Wildman–Crippen MR) is 120 cm³/mol. The summed E-state index contributed by atoms with van der Waals surface area (Å²) in [5.41, 5.74) is 0.221. The zero-order valence-electron chi connectivity index (χ0n) is 17.3. The average molecular weight is 454 g/mol. The number of benzene rings is 3. The monoisotopic (exact) mass is 453 g/mol. The van der Waals surface area contributed by atoms with Crippen molar-refractivity contribution >= 4 is 32.6 Å². The Morgan fingerprint density at radius 1 is 1.03 bits per heavy atom. The molecule has 0 radical (unpaired) electrons. The molecule has 4 rings (SSSR count). The Labute approximate surface area is 186 Å². The molecule has 9 heteroatoms. The second-order valence-corrected chi connectivity index (χ2v) is 9.27. The fraction of sp³-hybridized carbons (Fsp3) is 0.217. The summed E-state index contributed by atoms with van der Waals surface area (Å²) in [5.74, 6) is -0.0442. The van der Waals surface area contributed by atoms with Gasteiger partial charge in [0.05, 0.1) is 18.0 Å². The molecule has 1 aliphatic heterocycles. The van der Waals surface area contributed by atoms with Gasteiger partial charge in [0.2, 0.25) is 15.9 Å². The maximum absolute atomic E-state index is 12.8. The third-order valence-corrected chi connectivity index (χ3v) is 6.96. The predicted octanol–water partition coefficient (Wildman–Crippen LogP) is 1.77. The largest absolute Gasteiger partial charge is 0.492 e. The van der Waals surface area contributed by atoms with Crippen LogP contribution in [0.3, 0.4) is 0 Å². The molecule has 0 spiro atoms. The van der Waals surface area contributed by atoms with Crippen LogP contribution in [0.2, 0.25) is 0 Å². The van der Waals surface area contributed by atoms with Gasteiger partial charge in [0.25, 0.3) is 5.91 Å². The number of nitrogens with one attached hydrogen (secondary N) is 2. The molecule has 32 heavy (non-hydrogen) atoms. The second-order valence-electron chi connectivity index (χ2n) is 7.33. The number of piperazine rings is 1. The molecule has 166 valence electrons. The maximum atomic E-state index is 12.8. The molecule has 0 bridgehead atoms. The summed E-state index contributed by atoms with van der Waals surface area (Å²) in [4.78, 5) is 24.0. The molecule has 3 aromatic rings. The van der Waals surface area contributed by atoms with Crippen LogP contribution in [0.5, 0.6) is 5.75 Å². The van der Waals surface area contributed by atoms with Crippen LogP contribution in [0.4, 0.5) is 0 Å². The Kier molecular flexibility index (Phi) is 6.38. The fourth-order valence-corrected chi connectivity index (χ4v) is 4.90. The first-order chi connectivity index (χ1) is 15.4. The fourth-order valence-electron chi connectivity index (χ4n) is 3.46. The summed E-state index contributed by atoms with van der Waals surface area (Å²) in [6.45, 7) is 0.747. The van der Waals surface area contributed by atoms with Gasteiger partial charge >= 0.3 is 0 Å². The molecular weight excluding hydrogens is 430 g/mol. The van der Waals surface area contributed by atoms with E-state index in [-0.39, 0.29) is 49.2 Å². The van der Waals surface area contributed by atoms with Crippen molar-refractivity contribution in [3.05, 3.63) is 72.3 Å². The van der Waals surface area contributed by atoms with Gasteiger partial charge in [-0.25, -0.2) is 8.42 Å². The van der Waals surface area contributed by atoms with E-state index in [4.69, 9.17) is 4.74 Å². The molecule has 1 aliphatic rings. The summed E-state index contributed by atoms with van der Waals surface area (Å²) in [7, 11) is -3.86. The summed E-state index contributed by atoms with van der Waals surface area (Å²) in [5, 5.41) is 7.51. The van der Waals surface area contributed by atoms with Gasteiger partial charge in [0.15, 0.2) is 0 Å². The Balaban J connectivity index is 1.34. The zero-order chi connectivity index (χ0) is 22.6. The number of nitrogens with zero attached hydrogens (tertiary/aromatic N) is 1. The number of amides is 2. The lowest BCUT2D eigenvalue weighted by Crippen LogP contribution is -2.49. The first-order valence-electron chi connectivity index (χ1n) is 10.2. The van der Waals surface area contributed by atoms with Crippen molar-refractivity contribution in [3.63, 3.8) is 0 Å². The van der Waals surface area contributed by atoms with Crippen molar-refractivity contribution in [2.24, 2.45) is 0 Å². The first-order valence-corrected chi connectivity index (χ1v) is 11.6. The van der Waals surface area contributed by atoms with Crippen molar-refractivity contribution in [3.8, 4) is 5.75 Å². The molecule has 1 heterocycles. The molecule has 0 aliphatic carbocycles. The van der Waals surface area contributed by atoms with Crippen LogP contribution in [0.15, 0.2) is 71.6 Å². The Hall–Kier alpha value is -3.43. The molecule has 0 unspecified atom stereocenters. The number of carbonyl (C=O) groups is 2. The van der Waals surface area contributed by atoms with Crippen LogP contribution in [0, 0.1) is 0 Å². The topological polar surface area (TPSA) is 105 Å². The number of ether oxygens (including phenoxy) is 1. The number of carbonyl (C=O) groups excluding carboxylic acids is 2. The molecule has 3 aromatic carbocycles. The minimum Gasteiger partial charge on any atom is -0.492 e. The first kappa shape index (κ1) is 21.8. The standard InChI is InChI=1S/C23H23N3O5S/c27-22-16-26(12-10-24-22)32(29,30)21-7-3-6-19(15-21)23(28)25-11-13-31-20-9-8-17-4-1-2-5-18(17)14-20/h1-9,14-15H,10-13,16H2,(H,24,27)(H,25,28). The highest BCUT2D eigenvalue weighted by atomic mass is 32.2. The highest BCUT2D eigenvalue weighted by molar-refractivity contribution is 7.89. The van der Waals surface area contributed by atoms with E-state index in [1.54, 1.807) is 6.07 Å².